The minimum atomic E-state index is -0.705. The number of aromatic nitrogens is 2. The Labute approximate surface area is 166 Å². The quantitative estimate of drug-likeness (QED) is 0.758. The van der Waals surface area contributed by atoms with E-state index >= 15 is 0 Å². The van der Waals surface area contributed by atoms with Gasteiger partial charge in [0.25, 0.3) is 5.56 Å². The van der Waals surface area contributed by atoms with Crippen LogP contribution in [0, 0.1) is 0 Å². The van der Waals surface area contributed by atoms with E-state index in [9.17, 15) is 14.7 Å². The number of benzene rings is 1. The van der Waals surface area contributed by atoms with E-state index in [-0.39, 0.29) is 30.0 Å². The number of hydrogen-bond acceptors (Lipinski definition) is 4. The lowest BCUT2D eigenvalue weighted by molar-refractivity contribution is -0.125. The zero-order valence-corrected chi connectivity index (χ0v) is 17.3. The minimum Gasteiger partial charge on any atom is -0.390 e. The van der Waals surface area contributed by atoms with E-state index in [1.165, 1.54) is 4.68 Å². The highest BCUT2D eigenvalue weighted by Crippen LogP contribution is 2.31. The molecule has 2 aromatic rings. The molecule has 0 atom stereocenters. The Kier molecular flexibility index (Phi) is 5.53. The maximum Gasteiger partial charge on any atom is 0.267 e. The van der Waals surface area contributed by atoms with Crippen molar-refractivity contribution in [1.82, 2.24) is 15.1 Å². The van der Waals surface area contributed by atoms with Crippen LogP contribution in [-0.2, 0) is 11.3 Å². The summed E-state index contributed by atoms with van der Waals surface area (Å²) in [5, 5.41) is 17.1. The highest BCUT2D eigenvalue weighted by Gasteiger charge is 2.39. The molecule has 1 amide bonds. The molecular weight excluding hydrogens is 410 g/mol. The SMILES string of the molecule is CC(C)c1nn(CC(=O)N[C@H]2C[C@](C)(O)C2)c(=O)cc1-c1cccc(Br)c1. The van der Waals surface area contributed by atoms with Gasteiger partial charge in [0.1, 0.15) is 6.54 Å². The number of aliphatic hydroxyl groups is 1. The summed E-state index contributed by atoms with van der Waals surface area (Å²) in [6, 6.07) is 9.22. The molecular formula is C20H24BrN3O3. The first kappa shape index (κ1) is 19.8. The van der Waals surface area contributed by atoms with Gasteiger partial charge in [-0.15, -0.1) is 0 Å². The second-order valence-electron chi connectivity index (χ2n) is 7.77. The molecule has 7 heteroatoms. The minimum absolute atomic E-state index is 0.0475. The van der Waals surface area contributed by atoms with Crippen LogP contribution in [0.25, 0.3) is 11.1 Å². The maximum absolute atomic E-state index is 12.5. The number of nitrogens with one attached hydrogen (secondary N) is 1. The molecule has 6 nitrogen and oxygen atoms in total. The Morgan fingerprint density at radius 3 is 2.70 bits per heavy atom. The van der Waals surface area contributed by atoms with Crippen molar-refractivity contribution in [2.75, 3.05) is 0 Å². The number of carbonyl (C=O) groups excluding carboxylic acids is 1. The summed E-state index contributed by atoms with van der Waals surface area (Å²) in [7, 11) is 0. The van der Waals surface area contributed by atoms with E-state index in [0.29, 0.717) is 12.8 Å². The van der Waals surface area contributed by atoms with E-state index in [0.717, 1.165) is 21.3 Å². The normalized spacial score (nSPS) is 21.8. The predicted octanol–water partition coefficient (Wildman–Crippen LogP) is 2.83. The maximum atomic E-state index is 12.5. The number of nitrogens with zero attached hydrogens (tertiary/aromatic N) is 2. The number of amides is 1. The molecule has 0 aliphatic heterocycles. The number of hydrogen-bond donors (Lipinski definition) is 2. The van der Waals surface area contributed by atoms with Crippen molar-refractivity contribution in [1.29, 1.82) is 0 Å². The average Bonchev–Trinajstić information content (AvgIpc) is 2.54. The van der Waals surface area contributed by atoms with Crippen molar-refractivity contribution in [3.05, 3.63) is 50.9 Å². The summed E-state index contributed by atoms with van der Waals surface area (Å²) < 4.78 is 2.14. The molecule has 1 saturated carbocycles. The first-order valence-corrected chi connectivity index (χ1v) is 9.84. The topological polar surface area (TPSA) is 84.2 Å². The molecule has 144 valence electrons. The van der Waals surface area contributed by atoms with E-state index in [2.05, 4.69) is 26.3 Å². The van der Waals surface area contributed by atoms with Crippen LogP contribution in [0.5, 0.6) is 0 Å². The predicted molar refractivity (Wildman–Crippen MR) is 108 cm³/mol. The number of rotatable bonds is 5. The van der Waals surface area contributed by atoms with Crippen molar-refractivity contribution in [3.63, 3.8) is 0 Å². The lowest BCUT2D eigenvalue weighted by Crippen LogP contribution is -2.54. The highest BCUT2D eigenvalue weighted by atomic mass is 79.9. The van der Waals surface area contributed by atoms with Crippen molar-refractivity contribution in [3.8, 4) is 11.1 Å². The van der Waals surface area contributed by atoms with Gasteiger partial charge in [-0.1, -0.05) is 41.9 Å². The van der Waals surface area contributed by atoms with Gasteiger partial charge in [0.05, 0.1) is 11.3 Å². The molecule has 1 aliphatic carbocycles. The van der Waals surface area contributed by atoms with Gasteiger partial charge >= 0.3 is 0 Å². The van der Waals surface area contributed by atoms with Crippen molar-refractivity contribution in [2.45, 2.75) is 57.7 Å². The summed E-state index contributed by atoms with van der Waals surface area (Å²) in [5.74, 6) is -0.175. The van der Waals surface area contributed by atoms with E-state index in [4.69, 9.17) is 0 Å². The summed E-state index contributed by atoms with van der Waals surface area (Å²) in [6.45, 7) is 5.64. The fourth-order valence-electron chi connectivity index (χ4n) is 3.45. The lowest BCUT2D eigenvalue weighted by Gasteiger charge is -2.41. The largest absolute Gasteiger partial charge is 0.390 e. The fourth-order valence-corrected chi connectivity index (χ4v) is 3.84. The number of carbonyl (C=O) groups is 1. The molecule has 3 rings (SSSR count). The van der Waals surface area contributed by atoms with Crippen molar-refractivity contribution in [2.24, 2.45) is 0 Å². The Morgan fingerprint density at radius 2 is 2.11 bits per heavy atom. The molecule has 1 fully saturated rings. The lowest BCUT2D eigenvalue weighted by atomic mass is 9.77. The molecule has 1 heterocycles. The number of halogens is 1. The molecule has 0 spiro atoms. The first-order chi connectivity index (χ1) is 12.6. The van der Waals surface area contributed by atoms with Gasteiger partial charge in [0, 0.05) is 22.1 Å². The molecule has 0 saturated heterocycles. The third-order valence-electron chi connectivity index (χ3n) is 4.74. The zero-order chi connectivity index (χ0) is 19.8. The fraction of sp³-hybridized carbons (Fsp3) is 0.450. The van der Waals surface area contributed by atoms with Crippen LogP contribution < -0.4 is 10.9 Å². The third-order valence-corrected chi connectivity index (χ3v) is 5.23. The zero-order valence-electron chi connectivity index (χ0n) is 15.7. The van der Waals surface area contributed by atoms with Gasteiger partial charge in [-0.2, -0.15) is 5.10 Å². The Bertz CT molecular complexity index is 913. The van der Waals surface area contributed by atoms with Crippen molar-refractivity contribution < 1.29 is 9.90 Å². The molecule has 27 heavy (non-hydrogen) atoms. The van der Waals surface area contributed by atoms with E-state index in [1.54, 1.807) is 13.0 Å². The summed E-state index contributed by atoms with van der Waals surface area (Å²) in [4.78, 5) is 24.8. The van der Waals surface area contributed by atoms with Crippen LogP contribution in [0.2, 0.25) is 0 Å². The second-order valence-corrected chi connectivity index (χ2v) is 8.69. The molecule has 1 aromatic heterocycles. The van der Waals surface area contributed by atoms with Crippen LogP contribution in [0.15, 0.2) is 39.6 Å². The first-order valence-electron chi connectivity index (χ1n) is 9.04. The molecule has 0 bridgehead atoms. The second kappa shape index (κ2) is 7.56. The van der Waals surface area contributed by atoms with Gasteiger partial charge in [-0.25, -0.2) is 4.68 Å². The van der Waals surface area contributed by atoms with E-state index < -0.39 is 5.60 Å². The molecule has 1 aliphatic rings. The van der Waals surface area contributed by atoms with Gasteiger partial charge in [-0.3, -0.25) is 9.59 Å². The van der Waals surface area contributed by atoms with Crippen LogP contribution in [-0.4, -0.2) is 32.4 Å². The summed E-state index contributed by atoms with van der Waals surface area (Å²) in [6.07, 6.45) is 1.06. The van der Waals surface area contributed by atoms with Gasteiger partial charge < -0.3 is 10.4 Å². The molecule has 1 aromatic carbocycles. The van der Waals surface area contributed by atoms with Crippen LogP contribution in [0.3, 0.4) is 0 Å². The standard InChI is InChI=1S/C20H24BrN3O3/c1-12(2)19-16(13-5-4-6-14(21)7-13)8-18(26)24(23-19)11-17(25)22-15-9-20(3,27)10-15/h4-8,12,15,27H,9-11H2,1-3H3,(H,22,25)/t15-,20-. The van der Waals surface area contributed by atoms with Crippen LogP contribution in [0.4, 0.5) is 0 Å². The third kappa shape index (κ3) is 4.65. The summed E-state index contributed by atoms with van der Waals surface area (Å²) >= 11 is 3.46. The van der Waals surface area contributed by atoms with Gasteiger partial charge in [0.2, 0.25) is 5.91 Å². The molecule has 2 N–H and O–H groups in total. The van der Waals surface area contributed by atoms with Crippen molar-refractivity contribution >= 4 is 21.8 Å². The smallest absolute Gasteiger partial charge is 0.267 e. The Hall–Kier alpha value is -1.99. The highest BCUT2D eigenvalue weighted by molar-refractivity contribution is 9.10. The Morgan fingerprint density at radius 1 is 1.41 bits per heavy atom. The van der Waals surface area contributed by atoms with Crippen LogP contribution >= 0.6 is 15.9 Å². The van der Waals surface area contributed by atoms with Crippen LogP contribution in [0.1, 0.15) is 45.2 Å². The Balaban J connectivity index is 1.84. The molecule has 0 unspecified atom stereocenters. The summed E-state index contributed by atoms with van der Waals surface area (Å²) in [5.41, 5.74) is 1.44. The molecule has 0 radical (unpaired) electrons. The van der Waals surface area contributed by atoms with Gasteiger partial charge in [-0.05, 0) is 43.4 Å². The van der Waals surface area contributed by atoms with E-state index in [1.807, 2.05) is 38.1 Å². The average molecular weight is 434 g/mol. The monoisotopic (exact) mass is 433 g/mol. The van der Waals surface area contributed by atoms with Gasteiger partial charge in [0.15, 0.2) is 0 Å².